The molecule has 1 amide bonds. The molecule has 10 nitrogen and oxygen atoms in total. The number of benzene rings is 2. The normalized spacial score (nSPS) is 14.9. The van der Waals surface area contributed by atoms with E-state index in [1.54, 1.807) is 13.0 Å². The minimum absolute atomic E-state index is 0.0336. The Morgan fingerprint density at radius 1 is 1.20 bits per heavy atom. The van der Waals surface area contributed by atoms with E-state index in [4.69, 9.17) is 9.47 Å². The van der Waals surface area contributed by atoms with Crippen molar-refractivity contribution in [1.82, 2.24) is 4.31 Å². The summed E-state index contributed by atoms with van der Waals surface area (Å²) in [5.41, 5.74) is 0.647. The highest BCUT2D eigenvalue weighted by molar-refractivity contribution is 7.89. The van der Waals surface area contributed by atoms with Crippen LogP contribution in [-0.4, -0.2) is 57.0 Å². The fourth-order valence-corrected chi connectivity index (χ4v) is 4.44. The quantitative estimate of drug-likeness (QED) is 0.544. The number of nitro groups is 1. The molecule has 0 aliphatic carbocycles. The van der Waals surface area contributed by atoms with E-state index in [1.807, 2.05) is 0 Å². The number of amides is 1. The fourth-order valence-electron chi connectivity index (χ4n) is 3.00. The van der Waals surface area contributed by atoms with E-state index in [0.29, 0.717) is 24.5 Å². The number of nitro benzene ring substituents is 1. The van der Waals surface area contributed by atoms with Crippen LogP contribution in [0.15, 0.2) is 41.3 Å². The summed E-state index contributed by atoms with van der Waals surface area (Å²) >= 11 is 0. The molecule has 1 fully saturated rings. The lowest BCUT2D eigenvalue weighted by atomic mass is 10.1. The van der Waals surface area contributed by atoms with Crippen molar-refractivity contribution in [3.8, 4) is 5.75 Å². The van der Waals surface area contributed by atoms with Gasteiger partial charge in [0.25, 0.3) is 5.91 Å². The topological polar surface area (TPSA) is 128 Å². The molecule has 0 unspecified atom stereocenters. The molecule has 0 radical (unpaired) electrons. The summed E-state index contributed by atoms with van der Waals surface area (Å²) in [5.74, 6) is -0.573. The van der Waals surface area contributed by atoms with Crippen LogP contribution in [0.25, 0.3) is 0 Å². The van der Waals surface area contributed by atoms with E-state index in [1.165, 1.54) is 35.7 Å². The Bertz CT molecular complexity index is 1080. The molecule has 1 saturated heterocycles. The van der Waals surface area contributed by atoms with Crippen LogP contribution in [0.2, 0.25) is 0 Å². The third kappa shape index (κ3) is 4.42. The van der Waals surface area contributed by atoms with Gasteiger partial charge in [0.2, 0.25) is 10.0 Å². The van der Waals surface area contributed by atoms with E-state index in [-0.39, 0.29) is 35.0 Å². The van der Waals surface area contributed by atoms with Crippen LogP contribution in [0.3, 0.4) is 0 Å². The van der Waals surface area contributed by atoms with Gasteiger partial charge in [-0.25, -0.2) is 8.42 Å². The van der Waals surface area contributed by atoms with E-state index in [9.17, 15) is 23.3 Å². The van der Waals surface area contributed by atoms with E-state index < -0.39 is 20.9 Å². The zero-order valence-corrected chi connectivity index (χ0v) is 17.3. The summed E-state index contributed by atoms with van der Waals surface area (Å²) in [6.07, 6.45) is 0. The predicted octanol–water partition coefficient (Wildman–Crippen LogP) is 2.19. The number of nitrogens with zero attached hydrogens (tertiary/aromatic N) is 2. The molecule has 0 saturated carbocycles. The van der Waals surface area contributed by atoms with Gasteiger partial charge in [-0.05, 0) is 36.8 Å². The lowest BCUT2D eigenvalue weighted by Crippen LogP contribution is -2.40. The first kappa shape index (κ1) is 21.7. The number of rotatable bonds is 6. The van der Waals surface area contributed by atoms with Crippen molar-refractivity contribution in [2.24, 2.45) is 0 Å². The molecule has 160 valence electrons. The predicted molar refractivity (Wildman–Crippen MR) is 108 cm³/mol. The monoisotopic (exact) mass is 435 g/mol. The van der Waals surface area contributed by atoms with Crippen molar-refractivity contribution >= 4 is 27.3 Å². The molecule has 1 N–H and O–H groups in total. The lowest BCUT2D eigenvalue weighted by molar-refractivity contribution is -0.385. The number of hydrogen-bond acceptors (Lipinski definition) is 7. The van der Waals surface area contributed by atoms with Gasteiger partial charge in [-0.15, -0.1) is 0 Å². The average molecular weight is 435 g/mol. The molecular formula is C19H21N3O7S. The van der Waals surface area contributed by atoms with Crippen LogP contribution in [0, 0.1) is 17.0 Å². The van der Waals surface area contributed by atoms with Crippen molar-refractivity contribution in [2.45, 2.75) is 11.8 Å². The average Bonchev–Trinajstić information content (AvgIpc) is 2.75. The van der Waals surface area contributed by atoms with Gasteiger partial charge in [-0.1, -0.05) is 6.07 Å². The summed E-state index contributed by atoms with van der Waals surface area (Å²) < 4.78 is 37.2. The van der Waals surface area contributed by atoms with E-state index >= 15 is 0 Å². The number of ether oxygens (including phenoxy) is 2. The summed E-state index contributed by atoms with van der Waals surface area (Å²) in [5, 5.41) is 13.8. The minimum Gasteiger partial charge on any atom is -0.490 e. The van der Waals surface area contributed by atoms with Gasteiger partial charge < -0.3 is 14.8 Å². The Kier molecular flexibility index (Phi) is 6.34. The standard InChI is InChI=1S/C19H21N3O7S/c1-13-3-5-15(30(26,27)21-7-9-29-10-8-21)12-16(13)20-19(23)14-4-6-18(28-2)17(11-14)22(24)25/h3-6,11-12H,7-10H2,1-2H3,(H,20,23). The minimum atomic E-state index is -3.73. The third-order valence-electron chi connectivity index (χ3n) is 4.70. The van der Waals surface area contributed by atoms with Crippen LogP contribution in [0.5, 0.6) is 5.75 Å². The first-order chi connectivity index (χ1) is 14.2. The van der Waals surface area contributed by atoms with E-state index in [2.05, 4.69) is 5.32 Å². The van der Waals surface area contributed by atoms with Crippen molar-refractivity contribution in [1.29, 1.82) is 0 Å². The van der Waals surface area contributed by atoms with Crippen LogP contribution < -0.4 is 10.1 Å². The van der Waals surface area contributed by atoms with E-state index in [0.717, 1.165) is 6.07 Å². The largest absolute Gasteiger partial charge is 0.490 e. The number of morpholine rings is 1. The molecule has 0 spiro atoms. The maximum absolute atomic E-state index is 12.9. The second-order valence-corrected chi connectivity index (χ2v) is 8.53. The Morgan fingerprint density at radius 2 is 1.90 bits per heavy atom. The number of carbonyl (C=O) groups excluding carboxylic acids is 1. The summed E-state index contributed by atoms with van der Waals surface area (Å²) in [6.45, 7) is 2.88. The van der Waals surface area contributed by atoms with Gasteiger partial charge in [0.1, 0.15) is 0 Å². The Hall–Kier alpha value is -3.02. The van der Waals surface area contributed by atoms with Crippen LogP contribution in [0.4, 0.5) is 11.4 Å². The van der Waals surface area contributed by atoms with Crippen molar-refractivity contribution in [2.75, 3.05) is 38.7 Å². The highest BCUT2D eigenvalue weighted by Gasteiger charge is 2.27. The SMILES string of the molecule is COc1ccc(C(=O)Nc2cc(S(=O)(=O)N3CCOCC3)ccc2C)cc1[N+](=O)[O-]. The number of carbonyl (C=O) groups is 1. The second kappa shape index (κ2) is 8.78. The molecule has 30 heavy (non-hydrogen) atoms. The molecule has 2 aromatic rings. The highest BCUT2D eigenvalue weighted by atomic mass is 32.2. The number of methoxy groups -OCH3 is 1. The molecule has 0 atom stereocenters. The molecule has 1 aliphatic heterocycles. The number of anilines is 1. The van der Waals surface area contributed by atoms with Gasteiger partial charge >= 0.3 is 5.69 Å². The Balaban J connectivity index is 1.88. The molecule has 0 aromatic heterocycles. The molecule has 1 heterocycles. The molecule has 2 aromatic carbocycles. The van der Waals surface area contributed by atoms with Gasteiger partial charge in [0.15, 0.2) is 5.75 Å². The van der Waals surface area contributed by atoms with Crippen LogP contribution in [-0.2, 0) is 14.8 Å². The van der Waals surface area contributed by atoms with Gasteiger partial charge in [-0.3, -0.25) is 14.9 Å². The van der Waals surface area contributed by atoms with Gasteiger partial charge in [0, 0.05) is 30.4 Å². The molecule has 3 rings (SSSR count). The van der Waals surface area contributed by atoms with Crippen molar-refractivity contribution < 1.29 is 27.6 Å². The zero-order valence-electron chi connectivity index (χ0n) is 16.5. The molecular weight excluding hydrogens is 414 g/mol. The van der Waals surface area contributed by atoms with Crippen molar-refractivity contribution in [3.63, 3.8) is 0 Å². The number of nitrogens with one attached hydrogen (secondary N) is 1. The lowest BCUT2D eigenvalue weighted by Gasteiger charge is -2.26. The number of hydrogen-bond donors (Lipinski definition) is 1. The van der Waals surface area contributed by atoms with Gasteiger partial charge in [0.05, 0.1) is 30.1 Å². The maximum atomic E-state index is 12.9. The fraction of sp³-hybridized carbons (Fsp3) is 0.316. The first-order valence-corrected chi connectivity index (χ1v) is 10.5. The second-order valence-electron chi connectivity index (χ2n) is 6.59. The summed E-state index contributed by atoms with van der Waals surface area (Å²) in [7, 11) is -2.44. The molecule has 1 aliphatic rings. The number of sulfonamides is 1. The third-order valence-corrected chi connectivity index (χ3v) is 6.60. The van der Waals surface area contributed by atoms with Crippen LogP contribution >= 0.6 is 0 Å². The van der Waals surface area contributed by atoms with Crippen LogP contribution in [0.1, 0.15) is 15.9 Å². The van der Waals surface area contributed by atoms with Gasteiger partial charge in [-0.2, -0.15) is 4.31 Å². The zero-order chi connectivity index (χ0) is 21.9. The summed E-state index contributed by atoms with van der Waals surface area (Å²) in [6, 6.07) is 8.30. The molecule has 0 bridgehead atoms. The number of aryl methyl sites for hydroxylation is 1. The maximum Gasteiger partial charge on any atom is 0.311 e. The first-order valence-electron chi connectivity index (χ1n) is 9.06. The highest BCUT2D eigenvalue weighted by Crippen LogP contribution is 2.29. The smallest absolute Gasteiger partial charge is 0.311 e. The summed E-state index contributed by atoms with van der Waals surface area (Å²) in [4.78, 5) is 23.2. The Morgan fingerprint density at radius 3 is 2.53 bits per heavy atom. The Labute approximate surface area is 173 Å². The van der Waals surface area contributed by atoms with Crippen molar-refractivity contribution in [3.05, 3.63) is 57.6 Å². The molecule has 11 heteroatoms.